The van der Waals surface area contributed by atoms with Crippen LogP contribution in [-0.4, -0.2) is 16.1 Å². The molecule has 0 spiro atoms. The highest BCUT2D eigenvalue weighted by Gasteiger charge is 2.22. The minimum Gasteiger partial charge on any atom is -0.438 e. The molecule has 0 saturated heterocycles. The molecule has 5 nitrogen and oxygen atoms in total. The van der Waals surface area contributed by atoms with Crippen molar-refractivity contribution in [2.24, 2.45) is 5.73 Å². The number of nitrogens with two attached hydrogens (primary N) is 2. The molecule has 1 aromatic heterocycles. The zero-order chi connectivity index (χ0) is 14.8. The molecule has 3 aromatic rings. The molecule has 1 heterocycles. The van der Waals surface area contributed by atoms with Gasteiger partial charge in [0.05, 0.1) is 0 Å². The van der Waals surface area contributed by atoms with Crippen LogP contribution >= 0.6 is 0 Å². The number of hydrogen-bond acceptors (Lipinski definition) is 5. The van der Waals surface area contributed by atoms with Gasteiger partial charge in [-0.15, -0.1) is 0 Å². The molecule has 0 saturated carbocycles. The molecule has 1 unspecified atom stereocenters. The van der Waals surface area contributed by atoms with Crippen LogP contribution in [0.1, 0.15) is 17.6 Å². The molecule has 0 aliphatic rings. The summed E-state index contributed by atoms with van der Waals surface area (Å²) >= 11 is 0. The second-order valence-electron chi connectivity index (χ2n) is 5.08. The van der Waals surface area contributed by atoms with E-state index in [1.807, 2.05) is 48.5 Å². The van der Waals surface area contributed by atoms with Gasteiger partial charge in [-0.05, 0) is 36.2 Å². The number of nitrogens with zero attached hydrogens (tertiary/aromatic N) is 1. The van der Waals surface area contributed by atoms with Gasteiger partial charge >= 0.3 is 0 Å². The van der Waals surface area contributed by atoms with E-state index in [0.717, 1.165) is 5.56 Å². The van der Waals surface area contributed by atoms with Gasteiger partial charge in [0.15, 0.2) is 5.58 Å². The van der Waals surface area contributed by atoms with Gasteiger partial charge in [0, 0.05) is 11.7 Å². The van der Waals surface area contributed by atoms with Gasteiger partial charge in [0.1, 0.15) is 11.6 Å². The number of fused-ring (bicyclic) bond motifs is 1. The first-order valence-electron chi connectivity index (χ1n) is 6.77. The molecule has 0 amide bonds. The number of nitrogen functional groups attached to an aromatic ring is 1. The lowest BCUT2D eigenvalue weighted by atomic mass is 10.0. The SMILES string of the molecule is Nc1cccc(C[C@H](N)C(O)c2nc3ccccc3o2)c1. The third kappa shape index (κ3) is 2.89. The summed E-state index contributed by atoms with van der Waals surface area (Å²) in [6, 6.07) is 14.3. The van der Waals surface area contributed by atoms with Gasteiger partial charge in [-0.25, -0.2) is 4.98 Å². The zero-order valence-electron chi connectivity index (χ0n) is 11.4. The average molecular weight is 283 g/mol. The lowest BCUT2D eigenvalue weighted by Crippen LogP contribution is -2.30. The predicted molar refractivity (Wildman–Crippen MR) is 81.5 cm³/mol. The molecule has 5 heteroatoms. The van der Waals surface area contributed by atoms with Crippen LogP contribution in [0.3, 0.4) is 0 Å². The van der Waals surface area contributed by atoms with E-state index in [1.165, 1.54) is 0 Å². The fourth-order valence-electron chi connectivity index (χ4n) is 2.30. The van der Waals surface area contributed by atoms with E-state index in [4.69, 9.17) is 15.9 Å². The van der Waals surface area contributed by atoms with Gasteiger partial charge < -0.3 is 21.0 Å². The Balaban J connectivity index is 1.78. The maximum Gasteiger partial charge on any atom is 0.225 e. The number of rotatable bonds is 4. The Labute approximate surface area is 122 Å². The second kappa shape index (κ2) is 5.55. The van der Waals surface area contributed by atoms with E-state index in [1.54, 1.807) is 0 Å². The second-order valence-corrected chi connectivity index (χ2v) is 5.08. The summed E-state index contributed by atoms with van der Waals surface area (Å²) in [5.41, 5.74) is 14.8. The Morgan fingerprint density at radius 1 is 1.14 bits per heavy atom. The molecule has 2 aromatic carbocycles. The summed E-state index contributed by atoms with van der Waals surface area (Å²) in [6.07, 6.45) is -0.468. The van der Waals surface area contributed by atoms with Crippen molar-refractivity contribution in [3.8, 4) is 0 Å². The molecule has 21 heavy (non-hydrogen) atoms. The van der Waals surface area contributed by atoms with Crippen LogP contribution < -0.4 is 11.5 Å². The molecule has 0 aliphatic carbocycles. The summed E-state index contributed by atoms with van der Waals surface area (Å²) in [7, 11) is 0. The normalized spacial score (nSPS) is 14.2. The first-order valence-corrected chi connectivity index (χ1v) is 6.77. The largest absolute Gasteiger partial charge is 0.438 e. The first-order chi connectivity index (χ1) is 10.1. The number of para-hydroxylation sites is 2. The molecule has 0 aliphatic heterocycles. The van der Waals surface area contributed by atoms with Gasteiger partial charge in [-0.3, -0.25) is 0 Å². The lowest BCUT2D eigenvalue weighted by Gasteiger charge is -2.16. The molecule has 0 fully saturated rings. The van der Waals surface area contributed by atoms with Crippen molar-refractivity contribution in [1.82, 2.24) is 4.98 Å². The van der Waals surface area contributed by atoms with Crippen molar-refractivity contribution in [3.63, 3.8) is 0 Å². The van der Waals surface area contributed by atoms with Crippen molar-refractivity contribution in [2.45, 2.75) is 18.6 Å². The van der Waals surface area contributed by atoms with Gasteiger partial charge in [0.2, 0.25) is 5.89 Å². The van der Waals surface area contributed by atoms with Crippen LogP contribution in [0.15, 0.2) is 52.9 Å². The minimum atomic E-state index is -0.959. The Bertz CT molecular complexity index is 721. The maximum atomic E-state index is 10.3. The van der Waals surface area contributed by atoms with Crippen LogP contribution in [0.2, 0.25) is 0 Å². The highest BCUT2D eigenvalue weighted by molar-refractivity contribution is 5.72. The Morgan fingerprint density at radius 2 is 1.95 bits per heavy atom. The molecule has 108 valence electrons. The average Bonchev–Trinajstić information content (AvgIpc) is 2.90. The van der Waals surface area contributed by atoms with E-state index < -0.39 is 12.1 Å². The van der Waals surface area contributed by atoms with Crippen LogP contribution in [0.25, 0.3) is 11.1 Å². The highest BCUT2D eigenvalue weighted by Crippen LogP contribution is 2.23. The fourth-order valence-corrected chi connectivity index (χ4v) is 2.30. The predicted octanol–water partition coefficient (Wildman–Crippen LogP) is 2.01. The Morgan fingerprint density at radius 3 is 2.71 bits per heavy atom. The monoisotopic (exact) mass is 283 g/mol. The Hall–Kier alpha value is -2.37. The fraction of sp³-hybridized carbons (Fsp3) is 0.188. The van der Waals surface area contributed by atoms with Crippen molar-refractivity contribution in [1.29, 1.82) is 0 Å². The van der Waals surface area contributed by atoms with Crippen molar-refractivity contribution >= 4 is 16.8 Å². The Kier molecular flexibility index (Phi) is 3.60. The van der Waals surface area contributed by atoms with Crippen LogP contribution in [0, 0.1) is 0 Å². The minimum absolute atomic E-state index is 0.243. The van der Waals surface area contributed by atoms with Gasteiger partial charge in [-0.2, -0.15) is 0 Å². The number of anilines is 1. The molecule has 5 N–H and O–H groups in total. The number of benzene rings is 2. The smallest absolute Gasteiger partial charge is 0.225 e. The lowest BCUT2D eigenvalue weighted by molar-refractivity contribution is 0.117. The molecular weight excluding hydrogens is 266 g/mol. The molecule has 0 radical (unpaired) electrons. The summed E-state index contributed by atoms with van der Waals surface area (Å²) in [6.45, 7) is 0. The highest BCUT2D eigenvalue weighted by atomic mass is 16.4. The number of aliphatic hydroxyl groups is 1. The number of hydrogen-bond donors (Lipinski definition) is 3. The van der Waals surface area contributed by atoms with Crippen molar-refractivity contribution in [2.75, 3.05) is 5.73 Å². The zero-order valence-corrected chi connectivity index (χ0v) is 11.4. The third-order valence-electron chi connectivity index (χ3n) is 3.39. The number of aliphatic hydroxyl groups excluding tert-OH is 1. The van der Waals surface area contributed by atoms with E-state index in [9.17, 15) is 5.11 Å². The van der Waals surface area contributed by atoms with Crippen molar-refractivity contribution in [3.05, 3.63) is 60.0 Å². The molecule has 2 atom stereocenters. The van der Waals surface area contributed by atoms with Gasteiger partial charge in [0.25, 0.3) is 0 Å². The van der Waals surface area contributed by atoms with Gasteiger partial charge in [-0.1, -0.05) is 24.3 Å². The van der Waals surface area contributed by atoms with E-state index >= 15 is 0 Å². The molecular formula is C16H17N3O2. The van der Waals surface area contributed by atoms with Crippen molar-refractivity contribution < 1.29 is 9.52 Å². The van der Waals surface area contributed by atoms with E-state index in [0.29, 0.717) is 23.2 Å². The van der Waals surface area contributed by atoms with Crippen LogP contribution in [0.4, 0.5) is 5.69 Å². The summed E-state index contributed by atoms with van der Waals surface area (Å²) in [5.74, 6) is 0.243. The summed E-state index contributed by atoms with van der Waals surface area (Å²) in [5, 5.41) is 10.3. The van der Waals surface area contributed by atoms with Crippen LogP contribution in [0.5, 0.6) is 0 Å². The summed E-state index contributed by atoms with van der Waals surface area (Å²) < 4.78 is 5.55. The topological polar surface area (TPSA) is 98.3 Å². The molecule has 0 bridgehead atoms. The van der Waals surface area contributed by atoms with E-state index in [2.05, 4.69) is 4.98 Å². The summed E-state index contributed by atoms with van der Waals surface area (Å²) in [4.78, 5) is 4.27. The third-order valence-corrected chi connectivity index (χ3v) is 3.39. The van der Waals surface area contributed by atoms with Crippen LogP contribution in [-0.2, 0) is 6.42 Å². The standard InChI is InChI=1S/C16H17N3O2/c17-11-5-3-4-10(8-11)9-12(18)15(20)16-19-13-6-1-2-7-14(13)21-16/h1-8,12,15,20H,9,17-18H2/t12-,15?/m0/s1. The van der Waals surface area contributed by atoms with E-state index in [-0.39, 0.29) is 5.89 Å². The maximum absolute atomic E-state index is 10.3. The quantitative estimate of drug-likeness (QED) is 0.636. The number of aromatic nitrogens is 1. The number of oxazole rings is 1. The first kappa shape index (κ1) is 13.6. The molecule has 3 rings (SSSR count).